The van der Waals surface area contributed by atoms with Crippen LogP contribution in [0.1, 0.15) is 36.2 Å². The summed E-state index contributed by atoms with van der Waals surface area (Å²) in [5.41, 5.74) is 7.86. The molecule has 2 aromatic heterocycles. The molecule has 0 saturated heterocycles. The van der Waals surface area contributed by atoms with Gasteiger partial charge in [-0.15, -0.1) is 11.3 Å². The maximum absolute atomic E-state index is 12.0. The highest BCUT2D eigenvalue weighted by atomic mass is 32.1. The molecule has 2 rings (SSSR count). The van der Waals surface area contributed by atoms with Crippen molar-refractivity contribution in [3.05, 3.63) is 40.0 Å². The molecule has 1 atom stereocenters. The zero-order valence-corrected chi connectivity index (χ0v) is 13.3. The predicted molar refractivity (Wildman–Crippen MR) is 85.2 cm³/mol. The lowest BCUT2D eigenvalue weighted by Gasteiger charge is -2.11. The summed E-state index contributed by atoms with van der Waals surface area (Å²) in [4.78, 5) is 20.5. The first-order valence-electron chi connectivity index (χ1n) is 6.88. The van der Waals surface area contributed by atoms with Crippen LogP contribution in [0.15, 0.2) is 23.7 Å². The average molecular weight is 304 g/mol. The number of hydrogen-bond donors (Lipinski definition) is 2. The van der Waals surface area contributed by atoms with Crippen LogP contribution in [0, 0.1) is 12.8 Å². The molecule has 1 unspecified atom stereocenters. The van der Waals surface area contributed by atoms with Crippen molar-refractivity contribution < 1.29 is 4.79 Å². The van der Waals surface area contributed by atoms with E-state index in [0.717, 1.165) is 16.3 Å². The molecule has 0 aliphatic carbocycles. The van der Waals surface area contributed by atoms with Crippen molar-refractivity contribution in [3.63, 3.8) is 0 Å². The van der Waals surface area contributed by atoms with Gasteiger partial charge in [0, 0.05) is 11.6 Å². The van der Waals surface area contributed by atoms with E-state index in [9.17, 15) is 4.79 Å². The van der Waals surface area contributed by atoms with E-state index in [1.807, 2.05) is 24.4 Å². The number of amides is 1. The van der Waals surface area contributed by atoms with Gasteiger partial charge in [-0.05, 0) is 30.5 Å². The van der Waals surface area contributed by atoms with Crippen LogP contribution in [-0.2, 0) is 11.2 Å². The second-order valence-corrected chi connectivity index (χ2v) is 6.28. The topological polar surface area (TPSA) is 80.9 Å². The number of nitrogens with zero attached hydrogens (tertiary/aromatic N) is 2. The van der Waals surface area contributed by atoms with Gasteiger partial charge in [0.15, 0.2) is 0 Å². The molecule has 0 aliphatic heterocycles. The molecule has 0 aromatic carbocycles. The van der Waals surface area contributed by atoms with Crippen LogP contribution in [0.2, 0.25) is 0 Å². The number of aryl methyl sites for hydroxylation is 1. The number of nitrogens with one attached hydrogen (secondary N) is 1. The summed E-state index contributed by atoms with van der Waals surface area (Å²) in [5.74, 6) is 0.770. The first-order valence-corrected chi connectivity index (χ1v) is 7.76. The van der Waals surface area contributed by atoms with Gasteiger partial charge >= 0.3 is 0 Å². The minimum atomic E-state index is -0.122. The second-order valence-electron chi connectivity index (χ2n) is 5.39. The van der Waals surface area contributed by atoms with Crippen molar-refractivity contribution in [2.45, 2.75) is 33.2 Å². The molecule has 2 aromatic rings. The average Bonchev–Trinajstić information content (AvgIpc) is 2.85. The minimum Gasteiger partial charge on any atom is -0.322 e. The van der Waals surface area contributed by atoms with Crippen molar-refractivity contribution in [1.29, 1.82) is 0 Å². The predicted octanol–water partition coefficient (Wildman–Crippen LogP) is 2.68. The molecule has 112 valence electrons. The van der Waals surface area contributed by atoms with Crippen LogP contribution < -0.4 is 11.1 Å². The van der Waals surface area contributed by atoms with E-state index in [1.165, 1.54) is 11.3 Å². The highest BCUT2D eigenvalue weighted by Crippen LogP contribution is 2.22. The Balaban J connectivity index is 1.97. The molecule has 21 heavy (non-hydrogen) atoms. The van der Waals surface area contributed by atoms with E-state index in [0.29, 0.717) is 11.7 Å². The third kappa shape index (κ3) is 4.34. The van der Waals surface area contributed by atoms with Crippen molar-refractivity contribution >= 4 is 23.1 Å². The first kappa shape index (κ1) is 15.6. The largest absolute Gasteiger partial charge is 0.322 e. The Hall–Kier alpha value is -1.79. The molecular formula is C15H20N4OS. The summed E-state index contributed by atoms with van der Waals surface area (Å²) in [6, 6.07) is 3.64. The number of pyridine rings is 1. The SMILES string of the molecule is Cc1ccnc(NC(=O)Cc2csc(C(N)C(C)C)n2)c1. The van der Waals surface area contributed by atoms with Gasteiger partial charge in [-0.1, -0.05) is 13.8 Å². The standard InChI is InChI=1S/C15H20N4OS/c1-9(2)14(16)15-18-11(8-21-15)7-13(20)19-12-6-10(3)4-5-17-12/h4-6,8-9,14H,7,16H2,1-3H3,(H,17,19,20). The lowest BCUT2D eigenvalue weighted by Crippen LogP contribution is -2.18. The summed E-state index contributed by atoms with van der Waals surface area (Å²) in [6.45, 7) is 6.07. The molecule has 0 saturated carbocycles. The van der Waals surface area contributed by atoms with Crippen molar-refractivity contribution in [1.82, 2.24) is 9.97 Å². The van der Waals surface area contributed by atoms with Crippen LogP contribution in [0.25, 0.3) is 0 Å². The number of carbonyl (C=O) groups is 1. The molecule has 0 fully saturated rings. The first-order chi connectivity index (χ1) is 9.95. The third-order valence-corrected chi connectivity index (χ3v) is 4.09. The summed E-state index contributed by atoms with van der Waals surface area (Å²) >= 11 is 1.50. The van der Waals surface area contributed by atoms with Gasteiger partial charge in [-0.25, -0.2) is 9.97 Å². The molecule has 0 bridgehead atoms. The van der Waals surface area contributed by atoms with E-state index in [-0.39, 0.29) is 18.4 Å². The number of rotatable bonds is 5. The Morgan fingerprint density at radius 2 is 2.24 bits per heavy atom. The van der Waals surface area contributed by atoms with Gasteiger partial charge in [0.05, 0.1) is 18.2 Å². The van der Waals surface area contributed by atoms with E-state index in [4.69, 9.17) is 5.73 Å². The maximum Gasteiger partial charge on any atom is 0.231 e. The fraction of sp³-hybridized carbons (Fsp3) is 0.400. The Labute approximate surface area is 128 Å². The molecule has 0 radical (unpaired) electrons. The fourth-order valence-corrected chi connectivity index (χ4v) is 2.79. The van der Waals surface area contributed by atoms with Crippen LogP contribution in [-0.4, -0.2) is 15.9 Å². The lowest BCUT2D eigenvalue weighted by molar-refractivity contribution is -0.115. The minimum absolute atomic E-state index is 0.0785. The molecule has 2 heterocycles. The second kappa shape index (κ2) is 6.78. The molecular weight excluding hydrogens is 284 g/mol. The van der Waals surface area contributed by atoms with Crippen molar-refractivity contribution in [3.8, 4) is 0 Å². The number of anilines is 1. The number of nitrogens with two attached hydrogens (primary N) is 1. The smallest absolute Gasteiger partial charge is 0.231 e. The van der Waals surface area contributed by atoms with Crippen LogP contribution in [0.4, 0.5) is 5.82 Å². The Bertz CT molecular complexity index is 624. The highest BCUT2D eigenvalue weighted by molar-refractivity contribution is 7.09. The quantitative estimate of drug-likeness (QED) is 0.890. The van der Waals surface area contributed by atoms with Crippen LogP contribution >= 0.6 is 11.3 Å². The Morgan fingerprint density at radius 1 is 1.48 bits per heavy atom. The van der Waals surface area contributed by atoms with Crippen molar-refractivity contribution in [2.75, 3.05) is 5.32 Å². The number of thiazole rings is 1. The molecule has 3 N–H and O–H groups in total. The third-order valence-electron chi connectivity index (χ3n) is 3.10. The molecule has 5 nitrogen and oxygen atoms in total. The monoisotopic (exact) mass is 304 g/mol. The summed E-state index contributed by atoms with van der Waals surface area (Å²) in [7, 11) is 0. The van der Waals surface area contributed by atoms with Crippen molar-refractivity contribution in [2.24, 2.45) is 11.7 Å². The number of carbonyl (C=O) groups excluding carboxylic acids is 1. The van der Waals surface area contributed by atoms with E-state index >= 15 is 0 Å². The number of hydrogen-bond acceptors (Lipinski definition) is 5. The summed E-state index contributed by atoms with van der Waals surface area (Å²) in [6.07, 6.45) is 1.91. The van der Waals surface area contributed by atoms with E-state index < -0.39 is 0 Å². The summed E-state index contributed by atoms with van der Waals surface area (Å²) < 4.78 is 0. The van der Waals surface area contributed by atoms with Crippen LogP contribution in [0.3, 0.4) is 0 Å². The molecule has 0 aliphatic rings. The van der Waals surface area contributed by atoms with Gasteiger partial charge in [-0.3, -0.25) is 4.79 Å². The van der Waals surface area contributed by atoms with Gasteiger partial charge in [0.2, 0.25) is 5.91 Å². The molecule has 6 heteroatoms. The normalized spacial score (nSPS) is 12.4. The molecule has 1 amide bonds. The fourth-order valence-electron chi connectivity index (χ4n) is 1.80. The van der Waals surface area contributed by atoms with E-state index in [2.05, 4.69) is 29.1 Å². The van der Waals surface area contributed by atoms with E-state index in [1.54, 1.807) is 6.20 Å². The van der Waals surface area contributed by atoms with Crippen LogP contribution in [0.5, 0.6) is 0 Å². The zero-order valence-electron chi connectivity index (χ0n) is 12.5. The zero-order chi connectivity index (χ0) is 15.4. The Morgan fingerprint density at radius 3 is 2.90 bits per heavy atom. The highest BCUT2D eigenvalue weighted by Gasteiger charge is 2.16. The Kier molecular flexibility index (Phi) is 5.03. The van der Waals surface area contributed by atoms with Gasteiger partial charge in [0.1, 0.15) is 10.8 Å². The van der Waals surface area contributed by atoms with Gasteiger partial charge in [0.25, 0.3) is 0 Å². The molecule has 0 spiro atoms. The lowest BCUT2D eigenvalue weighted by atomic mass is 10.1. The van der Waals surface area contributed by atoms with Gasteiger partial charge < -0.3 is 11.1 Å². The number of aromatic nitrogens is 2. The summed E-state index contributed by atoms with van der Waals surface area (Å²) in [5, 5.41) is 5.54. The van der Waals surface area contributed by atoms with Gasteiger partial charge in [-0.2, -0.15) is 0 Å². The maximum atomic E-state index is 12.0.